The number of Topliss-reactive ketones (excluding diaryl/α,β-unsaturated/α-hetero) is 3. The number of benzene rings is 5. The number of nitrogen functional groups attached to an aromatic ring is 2. The molecule has 0 unspecified atom stereocenters. The topological polar surface area (TPSA) is 462 Å². The third-order valence-corrected chi connectivity index (χ3v) is 15.1. The van der Waals surface area contributed by atoms with Crippen LogP contribution in [0.25, 0.3) is 67.7 Å². The van der Waals surface area contributed by atoms with E-state index >= 15 is 0 Å². The second kappa shape index (κ2) is 32.4. The van der Waals surface area contributed by atoms with E-state index in [0.717, 1.165) is 35.8 Å². The first-order valence-electron chi connectivity index (χ1n) is 30.6. The molecule has 0 fully saturated rings. The number of para-hydroxylation sites is 6. The molecule has 98 heavy (non-hydrogen) atoms. The Bertz CT molecular complexity index is 4810. The zero-order valence-electron chi connectivity index (χ0n) is 52.7. The Morgan fingerprint density at radius 2 is 0.980 bits per heavy atom. The van der Waals surface area contributed by atoms with Crippen LogP contribution in [0.1, 0.15) is 85.0 Å². The average Bonchev–Trinajstić information content (AvgIpc) is 1.64. The summed E-state index contributed by atoms with van der Waals surface area (Å²) >= 11 is 0. The fourth-order valence-corrected chi connectivity index (χ4v) is 9.93. The standard InChI is InChI=1S/C26H29N9O3.C21H20N6O3.C19H17N7O3.CH4/c1-17(7-4-5-12-27)26(37)32-22-11-10-18(15-30-22)21(36)16-35-20-9-3-2-8-19(20)31-25(35)23-24(34-38-33-23)29-14-6-13-28;1-12(2)21(29)23-14-9-7-13(8-10-14)17(28)11-27-16-6-4-3-5-15(16)24-20(27)18-19(22)26-30-25-18;20-9-16(28)22-12-7-5-11(6-8-12)15(27)10-26-14-4-2-1-3-13(14)23-19(26)17-18(21)25-29-24-17;/h2-3,8-11,15,17H,4-7,12,14,16,27H2,1H3,(H,29,34)(H,30,32,37);3-10,12H,11H2,1-2H3,(H2,22,26)(H,23,29);1-8H,9-10,20H2,(H2,21,25)(H,22,28);1H4/t17-;;;/m0.../s1. The largest absolute Gasteiger partial charge is 0.379 e. The van der Waals surface area contributed by atoms with Gasteiger partial charge in [0.1, 0.15) is 5.82 Å². The van der Waals surface area contributed by atoms with E-state index in [0.29, 0.717) is 92.5 Å². The number of nitrogens with zero attached hydrogens (tertiary/aromatic N) is 14. The van der Waals surface area contributed by atoms with Crippen LogP contribution in [0.2, 0.25) is 0 Å². The fourth-order valence-electron chi connectivity index (χ4n) is 9.93. The lowest BCUT2D eigenvalue weighted by molar-refractivity contribution is -0.120. The van der Waals surface area contributed by atoms with Crippen LogP contribution < -0.4 is 44.2 Å². The van der Waals surface area contributed by atoms with E-state index in [4.69, 9.17) is 37.5 Å². The molecule has 5 aromatic carbocycles. The highest BCUT2D eigenvalue weighted by Gasteiger charge is 2.26. The predicted molar refractivity (Wildman–Crippen MR) is 365 cm³/mol. The number of carbonyl (C=O) groups excluding carboxylic acids is 6. The molecule has 502 valence electrons. The Hall–Kier alpha value is -12.7. The molecule has 3 amide bonds. The molecule has 0 radical (unpaired) electrons. The maximum Gasteiger partial charge on any atom is 0.238 e. The summed E-state index contributed by atoms with van der Waals surface area (Å²) in [4.78, 5) is 92.8. The number of carbonyl (C=O) groups is 6. The highest BCUT2D eigenvalue weighted by Crippen LogP contribution is 2.31. The summed E-state index contributed by atoms with van der Waals surface area (Å²) in [6.45, 7) is 6.36. The summed E-state index contributed by atoms with van der Waals surface area (Å²) in [5, 5.41) is 42.8. The molecule has 0 aliphatic rings. The van der Waals surface area contributed by atoms with Crippen LogP contribution in [0.4, 0.5) is 34.6 Å². The summed E-state index contributed by atoms with van der Waals surface area (Å²) in [5.74, 6) is 0.830. The second-order valence-electron chi connectivity index (χ2n) is 22.3. The number of hydrogen-bond donors (Lipinski definition) is 8. The molecule has 7 heterocycles. The van der Waals surface area contributed by atoms with Crippen LogP contribution in [0.3, 0.4) is 0 Å². The molecule has 0 aliphatic heterocycles. The van der Waals surface area contributed by atoms with Gasteiger partial charge in [-0.15, -0.1) is 0 Å². The minimum absolute atomic E-state index is 0. The number of amides is 3. The van der Waals surface area contributed by atoms with Crippen LogP contribution in [-0.4, -0.2) is 119 Å². The number of ketones is 3. The highest BCUT2D eigenvalue weighted by atomic mass is 16.6. The Labute approximate surface area is 559 Å². The first-order valence-corrected chi connectivity index (χ1v) is 30.6. The summed E-state index contributed by atoms with van der Waals surface area (Å²) < 4.78 is 19.5. The van der Waals surface area contributed by atoms with Crippen molar-refractivity contribution in [3.8, 4) is 40.6 Å². The van der Waals surface area contributed by atoms with Crippen molar-refractivity contribution in [1.29, 1.82) is 5.26 Å². The maximum atomic E-state index is 13.3. The number of nitrogens with one attached hydrogen (secondary N) is 4. The summed E-state index contributed by atoms with van der Waals surface area (Å²) in [6.07, 6.45) is 4.24. The summed E-state index contributed by atoms with van der Waals surface area (Å²) in [7, 11) is 0. The zero-order valence-corrected chi connectivity index (χ0v) is 52.7. The third-order valence-electron chi connectivity index (χ3n) is 15.1. The molecule has 0 bridgehead atoms. The molecule has 0 saturated heterocycles. The van der Waals surface area contributed by atoms with E-state index in [9.17, 15) is 28.8 Å². The van der Waals surface area contributed by atoms with Crippen LogP contribution in [0.15, 0.2) is 154 Å². The van der Waals surface area contributed by atoms with Gasteiger partial charge in [-0.3, -0.25) is 28.8 Å². The molecule has 12 N–H and O–H groups in total. The molecular weight excluding hydrogens is 1260 g/mol. The van der Waals surface area contributed by atoms with Gasteiger partial charge in [0, 0.05) is 52.6 Å². The smallest absolute Gasteiger partial charge is 0.238 e. The normalized spacial score (nSPS) is 11.2. The lowest BCUT2D eigenvalue weighted by Crippen LogP contribution is -2.21. The SMILES string of the molecule is C.CC(C)C(=O)Nc1ccc(C(=O)Cn2c(-c3nonc3N)nc3ccccc32)cc1.C[C@@H](CCCCN)C(=O)Nc1ccc(C(=O)Cn2c(-c3nonc3NCCC#N)nc3ccccc32)cn1.NCC(=O)Nc1ccc(C(=O)Cn2c(-c3nonc3N)nc3ccccc32)cc1. The van der Waals surface area contributed by atoms with Gasteiger partial charge in [0.25, 0.3) is 0 Å². The van der Waals surface area contributed by atoms with Gasteiger partial charge in [0.05, 0.1) is 71.8 Å². The van der Waals surface area contributed by atoms with Crippen molar-refractivity contribution < 1.29 is 42.7 Å². The van der Waals surface area contributed by atoms with E-state index in [1.165, 1.54) is 6.20 Å². The number of nitriles is 1. The minimum atomic E-state index is -0.308. The average molecular weight is 1330 g/mol. The molecule has 0 spiro atoms. The quantitative estimate of drug-likeness (QED) is 0.0196. The number of imidazole rings is 3. The third kappa shape index (κ3) is 16.6. The van der Waals surface area contributed by atoms with Gasteiger partial charge >= 0.3 is 0 Å². The molecule has 0 saturated carbocycles. The first kappa shape index (κ1) is 69.6. The van der Waals surface area contributed by atoms with Crippen molar-refractivity contribution in [2.75, 3.05) is 52.4 Å². The minimum Gasteiger partial charge on any atom is -0.379 e. The van der Waals surface area contributed by atoms with Crippen molar-refractivity contribution in [3.05, 3.63) is 156 Å². The molecule has 0 aliphatic carbocycles. The van der Waals surface area contributed by atoms with Gasteiger partial charge in [-0.05, 0) is 147 Å². The number of fused-ring (bicyclic) bond motifs is 3. The lowest BCUT2D eigenvalue weighted by Gasteiger charge is -2.12. The predicted octanol–water partition coefficient (Wildman–Crippen LogP) is 8.62. The second-order valence-corrected chi connectivity index (χ2v) is 22.3. The van der Waals surface area contributed by atoms with Crippen LogP contribution in [-0.2, 0) is 34.0 Å². The van der Waals surface area contributed by atoms with Crippen LogP contribution >= 0.6 is 0 Å². The molecule has 12 rings (SSSR count). The maximum absolute atomic E-state index is 13.3. The van der Waals surface area contributed by atoms with E-state index in [-0.39, 0.29) is 110 Å². The highest BCUT2D eigenvalue weighted by molar-refractivity contribution is 6.01. The van der Waals surface area contributed by atoms with Crippen molar-refractivity contribution in [2.45, 2.75) is 73.5 Å². The van der Waals surface area contributed by atoms with Gasteiger partial charge in [-0.1, -0.05) is 71.0 Å². The van der Waals surface area contributed by atoms with E-state index in [1.54, 1.807) is 74.4 Å². The van der Waals surface area contributed by atoms with E-state index in [2.05, 4.69) is 82.8 Å². The van der Waals surface area contributed by atoms with Crippen molar-refractivity contribution >= 4 is 103 Å². The van der Waals surface area contributed by atoms with Crippen LogP contribution in [0.5, 0.6) is 0 Å². The lowest BCUT2D eigenvalue weighted by atomic mass is 10.0. The fraction of sp³-hybridized carbons (Fsp3) is 0.239. The van der Waals surface area contributed by atoms with Crippen LogP contribution in [0, 0.1) is 23.2 Å². The number of aromatic nitrogens is 13. The van der Waals surface area contributed by atoms with Crippen molar-refractivity contribution in [2.24, 2.45) is 23.3 Å². The van der Waals surface area contributed by atoms with Gasteiger partial charge < -0.3 is 57.9 Å². The van der Waals surface area contributed by atoms with Gasteiger partial charge in [-0.25, -0.2) is 33.8 Å². The van der Waals surface area contributed by atoms with Gasteiger partial charge in [0.2, 0.25) is 23.5 Å². The summed E-state index contributed by atoms with van der Waals surface area (Å²) in [5.41, 5.74) is 30.3. The molecule has 7 aromatic heterocycles. The summed E-state index contributed by atoms with van der Waals surface area (Å²) in [6, 6.07) is 40.9. The zero-order chi connectivity index (χ0) is 68.5. The number of hydrogen-bond acceptors (Lipinski definition) is 25. The van der Waals surface area contributed by atoms with Gasteiger partial charge in [0.15, 0.2) is 63.5 Å². The van der Waals surface area contributed by atoms with E-state index in [1.807, 2.05) is 93.6 Å². The molecule has 31 heteroatoms. The molecular formula is C67H70N22O9. The van der Waals surface area contributed by atoms with E-state index < -0.39 is 0 Å². The number of rotatable bonds is 25. The number of pyridine rings is 1. The first-order chi connectivity index (χ1) is 47.0. The number of anilines is 6. The molecule has 1 atom stereocenters. The molecule has 31 nitrogen and oxygen atoms in total. The monoisotopic (exact) mass is 1330 g/mol. The molecule has 12 aromatic rings. The van der Waals surface area contributed by atoms with Crippen molar-refractivity contribution in [1.82, 2.24) is 64.6 Å². The Morgan fingerprint density at radius 3 is 1.42 bits per heavy atom. The Morgan fingerprint density at radius 1 is 0.531 bits per heavy atom. The Balaban J connectivity index is 0.000000173. The number of unbranched alkanes of at least 4 members (excludes halogenated alkanes) is 1. The van der Waals surface area contributed by atoms with Gasteiger partial charge in [-0.2, -0.15) is 5.26 Å². The number of nitrogens with two attached hydrogens (primary N) is 4. The van der Waals surface area contributed by atoms with Crippen molar-refractivity contribution in [3.63, 3.8) is 0 Å². The Kier molecular flexibility index (Phi) is 23.1.